The number of benzene rings is 1. The van der Waals surface area contributed by atoms with Crippen LogP contribution in [0.3, 0.4) is 0 Å². The monoisotopic (exact) mass is 409 g/mol. The number of nitrogens with zero attached hydrogens (tertiary/aromatic N) is 1. The van der Waals surface area contributed by atoms with Crippen LogP contribution >= 0.6 is 0 Å². The maximum absolute atomic E-state index is 12.9. The SMILES string of the molecule is C[C@@H]1C[C@@H](C)CN(S(=O)(=O)c2ccc(C(=O)NCCCNC(C)(C)C)cc2)C1. The number of nitrogens with one attached hydrogen (secondary N) is 2. The lowest BCUT2D eigenvalue weighted by Crippen LogP contribution is -2.42. The molecule has 0 aliphatic carbocycles. The van der Waals surface area contributed by atoms with Gasteiger partial charge in [0.1, 0.15) is 0 Å². The first-order chi connectivity index (χ1) is 13.0. The van der Waals surface area contributed by atoms with Gasteiger partial charge in [0, 0.05) is 30.7 Å². The second-order valence-corrected chi connectivity index (χ2v) is 11.0. The number of hydrogen-bond acceptors (Lipinski definition) is 4. The highest BCUT2D eigenvalue weighted by molar-refractivity contribution is 7.89. The summed E-state index contributed by atoms with van der Waals surface area (Å²) in [6.07, 6.45) is 1.89. The number of piperidine rings is 1. The van der Waals surface area contributed by atoms with Crippen molar-refractivity contribution in [1.82, 2.24) is 14.9 Å². The molecule has 1 heterocycles. The van der Waals surface area contributed by atoms with E-state index in [0.29, 0.717) is 37.0 Å². The first-order valence-electron chi connectivity index (χ1n) is 10.1. The van der Waals surface area contributed by atoms with Crippen LogP contribution in [0.5, 0.6) is 0 Å². The summed E-state index contributed by atoms with van der Waals surface area (Å²) in [5.41, 5.74) is 0.540. The third-order valence-electron chi connectivity index (χ3n) is 4.88. The van der Waals surface area contributed by atoms with Gasteiger partial charge in [-0.15, -0.1) is 0 Å². The molecule has 1 saturated heterocycles. The maximum Gasteiger partial charge on any atom is 0.251 e. The van der Waals surface area contributed by atoms with Gasteiger partial charge in [0.25, 0.3) is 5.91 Å². The summed E-state index contributed by atoms with van der Waals surface area (Å²) >= 11 is 0. The maximum atomic E-state index is 12.9. The third-order valence-corrected chi connectivity index (χ3v) is 6.73. The zero-order valence-corrected chi connectivity index (χ0v) is 18.6. The first kappa shape index (κ1) is 22.8. The predicted octanol–water partition coefficient (Wildman–Crippen LogP) is 2.86. The van der Waals surface area contributed by atoms with Crippen molar-refractivity contribution in [3.63, 3.8) is 0 Å². The first-order valence-corrected chi connectivity index (χ1v) is 11.6. The summed E-state index contributed by atoms with van der Waals surface area (Å²) in [7, 11) is -3.52. The highest BCUT2D eigenvalue weighted by atomic mass is 32.2. The van der Waals surface area contributed by atoms with Crippen LogP contribution in [0.1, 0.15) is 57.8 Å². The van der Waals surface area contributed by atoms with E-state index < -0.39 is 10.0 Å². The quantitative estimate of drug-likeness (QED) is 0.679. The van der Waals surface area contributed by atoms with Crippen LogP contribution in [0.25, 0.3) is 0 Å². The molecular weight excluding hydrogens is 374 g/mol. The minimum atomic E-state index is -3.52. The van der Waals surface area contributed by atoms with E-state index in [9.17, 15) is 13.2 Å². The van der Waals surface area contributed by atoms with Crippen LogP contribution in [0.4, 0.5) is 0 Å². The molecule has 7 heteroatoms. The van der Waals surface area contributed by atoms with Crippen LogP contribution in [0, 0.1) is 11.8 Å². The molecule has 1 aliphatic rings. The van der Waals surface area contributed by atoms with Crippen molar-refractivity contribution in [2.75, 3.05) is 26.2 Å². The summed E-state index contributed by atoms with van der Waals surface area (Å²) in [5.74, 6) is 0.535. The van der Waals surface area contributed by atoms with Gasteiger partial charge in [0.15, 0.2) is 0 Å². The molecule has 0 aromatic heterocycles. The molecule has 1 amide bonds. The lowest BCUT2D eigenvalue weighted by atomic mass is 9.94. The number of sulfonamides is 1. The highest BCUT2D eigenvalue weighted by Crippen LogP contribution is 2.26. The standard InChI is InChI=1S/C21H35N3O3S/c1-16-13-17(2)15-24(14-16)28(26,27)19-9-7-18(8-10-19)20(25)22-11-6-12-23-21(3,4)5/h7-10,16-17,23H,6,11-15H2,1-5H3,(H,22,25)/t16-,17-/m1/s1. The average molecular weight is 410 g/mol. The Labute approximate surface area is 170 Å². The van der Waals surface area contributed by atoms with E-state index >= 15 is 0 Å². The molecule has 158 valence electrons. The van der Waals surface area contributed by atoms with E-state index in [4.69, 9.17) is 0 Å². The molecule has 2 N–H and O–H groups in total. The minimum Gasteiger partial charge on any atom is -0.352 e. The van der Waals surface area contributed by atoms with Gasteiger partial charge in [-0.2, -0.15) is 4.31 Å². The molecule has 6 nitrogen and oxygen atoms in total. The molecule has 0 saturated carbocycles. The van der Waals surface area contributed by atoms with Crippen LogP contribution < -0.4 is 10.6 Å². The van der Waals surface area contributed by atoms with Gasteiger partial charge >= 0.3 is 0 Å². The normalized spacial score (nSPS) is 21.5. The largest absolute Gasteiger partial charge is 0.352 e. The van der Waals surface area contributed by atoms with Crippen LogP contribution in [-0.2, 0) is 10.0 Å². The molecule has 2 rings (SSSR count). The lowest BCUT2D eigenvalue weighted by Gasteiger charge is -2.34. The molecule has 1 fully saturated rings. The van der Waals surface area contributed by atoms with Crippen molar-refractivity contribution in [2.45, 2.75) is 57.9 Å². The topological polar surface area (TPSA) is 78.5 Å². The summed E-state index contributed by atoms with van der Waals surface area (Å²) in [6.45, 7) is 13.0. The zero-order chi connectivity index (χ0) is 20.9. The number of carbonyl (C=O) groups excluding carboxylic acids is 1. The molecule has 2 atom stereocenters. The fourth-order valence-corrected chi connectivity index (χ4v) is 5.26. The van der Waals surface area contributed by atoms with E-state index in [-0.39, 0.29) is 16.3 Å². The van der Waals surface area contributed by atoms with Crippen molar-refractivity contribution in [1.29, 1.82) is 0 Å². The molecule has 1 aromatic rings. The van der Waals surface area contributed by atoms with E-state index in [0.717, 1.165) is 19.4 Å². The third kappa shape index (κ3) is 6.57. The Bertz CT molecular complexity index is 744. The Balaban J connectivity index is 1.92. The van der Waals surface area contributed by atoms with Gasteiger partial charge in [0.05, 0.1) is 4.90 Å². The fourth-order valence-electron chi connectivity index (χ4n) is 3.59. The second-order valence-electron chi connectivity index (χ2n) is 9.08. The Kier molecular flexibility index (Phi) is 7.65. The Morgan fingerprint density at radius 2 is 1.64 bits per heavy atom. The van der Waals surface area contributed by atoms with Crippen molar-refractivity contribution in [3.05, 3.63) is 29.8 Å². The zero-order valence-electron chi connectivity index (χ0n) is 17.8. The fraction of sp³-hybridized carbons (Fsp3) is 0.667. The molecule has 1 aliphatic heterocycles. The van der Waals surface area contributed by atoms with Crippen molar-refractivity contribution in [3.8, 4) is 0 Å². The van der Waals surface area contributed by atoms with Crippen LogP contribution in [-0.4, -0.2) is 50.3 Å². The van der Waals surface area contributed by atoms with Gasteiger partial charge in [-0.25, -0.2) is 8.42 Å². The summed E-state index contributed by atoms with van der Waals surface area (Å²) in [5, 5.41) is 6.25. The van der Waals surface area contributed by atoms with Gasteiger partial charge in [-0.1, -0.05) is 13.8 Å². The van der Waals surface area contributed by atoms with Crippen LogP contribution in [0.15, 0.2) is 29.2 Å². The number of carbonyl (C=O) groups is 1. The second kappa shape index (κ2) is 9.37. The molecule has 28 heavy (non-hydrogen) atoms. The van der Waals surface area contributed by atoms with Crippen molar-refractivity contribution in [2.24, 2.45) is 11.8 Å². The van der Waals surface area contributed by atoms with Crippen molar-refractivity contribution >= 4 is 15.9 Å². The molecule has 0 bridgehead atoms. The van der Waals surface area contributed by atoms with E-state index in [1.54, 1.807) is 16.4 Å². The lowest BCUT2D eigenvalue weighted by molar-refractivity contribution is 0.0953. The summed E-state index contributed by atoms with van der Waals surface area (Å²) in [4.78, 5) is 12.5. The molecule has 0 radical (unpaired) electrons. The number of amides is 1. The smallest absolute Gasteiger partial charge is 0.251 e. The highest BCUT2D eigenvalue weighted by Gasteiger charge is 2.31. The number of rotatable bonds is 7. The summed E-state index contributed by atoms with van der Waals surface area (Å²) in [6, 6.07) is 6.25. The Hall–Kier alpha value is -1.44. The van der Waals surface area contributed by atoms with E-state index in [1.807, 2.05) is 0 Å². The van der Waals surface area contributed by atoms with Gasteiger partial charge in [0.2, 0.25) is 10.0 Å². The minimum absolute atomic E-state index is 0.0648. The summed E-state index contributed by atoms with van der Waals surface area (Å²) < 4.78 is 27.4. The Morgan fingerprint density at radius 3 is 2.18 bits per heavy atom. The average Bonchev–Trinajstić information content (AvgIpc) is 2.59. The molecule has 0 unspecified atom stereocenters. The van der Waals surface area contributed by atoms with Gasteiger partial charge in [-0.05, 0) is 76.3 Å². The number of hydrogen-bond donors (Lipinski definition) is 2. The molecular formula is C21H35N3O3S. The molecule has 1 aromatic carbocycles. The van der Waals surface area contributed by atoms with E-state index in [1.165, 1.54) is 12.1 Å². The van der Waals surface area contributed by atoms with Crippen LogP contribution in [0.2, 0.25) is 0 Å². The van der Waals surface area contributed by atoms with Gasteiger partial charge in [-0.3, -0.25) is 4.79 Å². The van der Waals surface area contributed by atoms with Crippen molar-refractivity contribution < 1.29 is 13.2 Å². The predicted molar refractivity (Wildman–Crippen MR) is 113 cm³/mol. The van der Waals surface area contributed by atoms with Gasteiger partial charge < -0.3 is 10.6 Å². The molecule has 0 spiro atoms. The Morgan fingerprint density at radius 1 is 1.07 bits per heavy atom. The van der Waals surface area contributed by atoms with E-state index in [2.05, 4.69) is 45.3 Å².